The van der Waals surface area contributed by atoms with E-state index in [9.17, 15) is 8.42 Å². The molecule has 5 heteroatoms. The van der Waals surface area contributed by atoms with E-state index in [1.165, 1.54) is 6.26 Å². The quantitative estimate of drug-likeness (QED) is 0.801. The van der Waals surface area contributed by atoms with Crippen molar-refractivity contribution < 1.29 is 8.42 Å². The molecule has 0 bridgehead atoms. The van der Waals surface area contributed by atoms with Gasteiger partial charge < -0.3 is 0 Å². The summed E-state index contributed by atoms with van der Waals surface area (Å²) < 4.78 is 22.2. The van der Waals surface area contributed by atoms with Crippen molar-refractivity contribution in [2.24, 2.45) is 0 Å². The normalized spacial score (nSPS) is 11.4. The van der Waals surface area contributed by atoms with Gasteiger partial charge in [-0.2, -0.15) is 0 Å². The molecular formula is C12H11NO2S2. The molecule has 0 atom stereocenters. The minimum absolute atomic E-state index is 0.727. The van der Waals surface area contributed by atoms with Crippen molar-refractivity contribution in [3.05, 3.63) is 48.8 Å². The number of hydrogen-bond donors (Lipinski definition) is 0. The molecule has 0 saturated carbocycles. The molecule has 1 aromatic carbocycles. The van der Waals surface area contributed by atoms with Crippen LogP contribution in [0, 0.1) is 0 Å². The smallest absolute Gasteiger partial charge is 0.203 e. The summed E-state index contributed by atoms with van der Waals surface area (Å²) in [5.74, 6) is 0. The molecule has 0 aliphatic carbocycles. The van der Waals surface area contributed by atoms with Crippen molar-refractivity contribution in [3.63, 3.8) is 0 Å². The molecule has 1 heterocycles. The van der Waals surface area contributed by atoms with Gasteiger partial charge in [0, 0.05) is 34.3 Å². The standard InChI is InChI=1S/C12H11NO2S2/c1-17(14,15)16-12-4-2-10(3-5-12)11-6-8-13-9-7-11/h2-9H,1H3. The second kappa shape index (κ2) is 4.89. The maximum absolute atomic E-state index is 11.1. The van der Waals surface area contributed by atoms with Crippen molar-refractivity contribution in [2.45, 2.75) is 4.90 Å². The van der Waals surface area contributed by atoms with Crippen LogP contribution in [-0.2, 0) is 8.87 Å². The Hall–Kier alpha value is -1.33. The Balaban J connectivity index is 2.25. The van der Waals surface area contributed by atoms with Crippen LogP contribution in [-0.4, -0.2) is 19.7 Å². The summed E-state index contributed by atoms with van der Waals surface area (Å²) in [6, 6.07) is 11.3. The van der Waals surface area contributed by atoms with Gasteiger partial charge >= 0.3 is 0 Å². The van der Waals surface area contributed by atoms with Gasteiger partial charge in [-0.3, -0.25) is 4.98 Å². The van der Waals surface area contributed by atoms with E-state index in [1.54, 1.807) is 12.4 Å². The average Bonchev–Trinajstić information content (AvgIpc) is 2.29. The largest absolute Gasteiger partial charge is 0.265 e. The lowest BCUT2D eigenvalue weighted by atomic mass is 10.1. The maximum atomic E-state index is 11.1. The van der Waals surface area contributed by atoms with Crippen LogP contribution in [0.5, 0.6) is 0 Å². The van der Waals surface area contributed by atoms with Crippen LogP contribution >= 0.6 is 10.8 Å². The molecule has 0 aliphatic heterocycles. The molecule has 0 N–H and O–H groups in total. The summed E-state index contributed by atoms with van der Waals surface area (Å²) in [5, 5.41) is 0. The molecule has 0 aliphatic rings. The lowest BCUT2D eigenvalue weighted by molar-refractivity contribution is 0.615. The molecule has 88 valence electrons. The van der Waals surface area contributed by atoms with Gasteiger partial charge in [-0.15, -0.1) is 0 Å². The summed E-state index contributed by atoms with van der Waals surface area (Å²) in [4.78, 5) is 4.68. The third kappa shape index (κ3) is 3.57. The molecule has 3 nitrogen and oxygen atoms in total. The van der Waals surface area contributed by atoms with Gasteiger partial charge in [-0.1, -0.05) is 12.1 Å². The Kier molecular flexibility index (Phi) is 3.49. The van der Waals surface area contributed by atoms with E-state index in [4.69, 9.17) is 0 Å². The Labute approximate surface area is 104 Å². The number of nitrogens with zero attached hydrogens (tertiary/aromatic N) is 1. The van der Waals surface area contributed by atoms with Crippen molar-refractivity contribution in [1.29, 1.82) is 0 Å². The van der Waals surface area contributed by atoms with Gasteiger partial charge in [0.2, 0.25) is 8.87 Å². The molecule has 0 radical (unpaired) electrons. The van der Waals surface area contributed by atoms with E-state index < -0.39 is 8.87 Å². The van der Waals surface area contributed by atoms with Crippen LogP contribution in [0.2, 0.25) is 0 Å². The predicted molar refractivity (Wildman–Crippen MR) is 70.4 cm³/mol. The minimum Gasteiger partial charge on any atom is -0.265 e. The molecule has 2 aromatic rings. The Morgan fingerprint density at radius 2 is 1.47 bits per heavy atom. The number of rotatable bonds is 3. The van der Waals surface area contributed by atoms with Crippen molar-refractivity contribution >= 4 is 19.7 Å². The molecule has 0 fully saturated rings. The SMILES string of the molecule is CS(=O)(=O)Sc1ccc(-c2ccncc2)cc1. The summed E-state index contributed by atoms with van der Waals surface area (Å²) in [7, 11) is -2.18. The highest BCUT2D eigenvalue weighted by molar-refractivity contribution is 8.71. The van der Waals surface area contributed by atoms with Gasteiger partial charge in [0.15, 0.2) is 0 Å². The van der Waals surface area contributed by atoms with Crippen molar-refractivity contribution in [1.82, 2.24) is 4.98 Å². The van der Waals surface area contributed by atoms with Crippen LogP contribution in [0.25, 0.3) is 11.1 Å². The molecule has 0 amide bonds. The minimum atomic E-state index is -3.05. The Morgan fingerprint density at radius 3 is 2.00 bits per heavy atom. The third-order valence-corrected chi connectivity index (χ3v) is 4.37. The molecular weight excluding hydrogens is 254 g/mol. The lowest BCUT2D eigenvalue weighted by Gasteiger charge is -2.02. The van der Waals surface area contributed by atoms with Gasteiger partial charge in [0.05, 0.1) is 0 Å². The van der Waals surface area contributed by atoms with E-state index in [1.807, 2.05) is 36.4 Å². The first-order valence-corrected chi connectivity index (χ1v) is 8.17. The fourth-order valence-corrected chi connectivity index (χ4v) is 3.40. The van der Waals surface area contributed by atoms with Crippen LogP contribution < -0.4 is 0 Å². The van der Waals surface area contributed by atoms with E-state index in [0.717, 1.165) is 26.8 Å². The van der Waals surface area contributed by atoms with E-state index in [-0.39, 0.29) is 0 Å². The number of pyridine rings is 1. The van der Waals surface area contributed by atoms with Gasteiger partial charge in [0.1, 0.15) is 0 Å². The fraction of sp³-hybridized carbons (Fsp3) is 0.0833. The first-order chi connectivity index (χ1) is 8.04. The molecule has 0 saturated heterocycles. The van der Waals surface area contributed by atoms with E-state index in [2.05, 4.69) is 4.98 Å². The van der Waals surface area contributed by atoms with Crippen LogP contribution in [0.1, 0.15) is 0 Å². The zero-order valence-electron chi connectivity index (χ0n) is 9.20. The topological polar surface area (TPSA) is 47.0 Å². The monoisotopic (exact) mass is 265 g/mol. The predicted octanol–water partition coefficient (Wildman–Crippen LogP) is 2.80. The van der Waals surface area contributed by atoms with Gasteiger partial charge in [-0.05, 0) is 35.4 Å². The highest BCUT2D eigenvalue weighted by Gasteiger charge is 2.05. The van der Waals surface area contributed by atoms with Crippen molar-refractivity contribution in [2.75, 3.05) is 6.26 Å². The summed E-state index contributed by atoms with van der Waals surface area (Å²) in [6.45, 7) is 0. The number of aromatic nitrogens is 1. The molecule has 1 aromatic heterocycles. The van der Waals surface area contributed by atoms with Crippen LogP contribution in [0.15, 0.2) is 53.7 Å². The fourth-order valence-electron chi connectivity index (χ4n) is 1.42. The Bertz CT molecular complexity index is 592. The zero-order chi connectivity index (χ0) is 12.3. The van der Waals surface area contributed by atoms with Crippen LogP contribution in [0.4, 0.5) is 0 Å². The second-order valence-corrected chi connectivity index (χ2v) is 7.91. The molecule has 2 rings (SSSR count). The van der Waals surface area contributed by atoms with E-state index in [0.29, 0.717) is 0 Å². The molecule has 17 heavy (non-hydrogen) atoms. The number of hydrogen-bond acceptors (Lipinski definition) is 4. The molecule has 0 unspecified atom stereocenters. The summed E-state index contributed by atoms with van der Waals surface area (Å²) >= 11 is 0. The molecule has 0 spiro atoms. The lowest BCUT2D eigenvalue weighted by Crippen LogP contribution is -1.87. The van der Waals surface area contributed by atoms with E-state index >= 15 is 0 Å². The maximum Gasteiger partial charge on any atom is 0.203 e. The first kappa shape index (κ1) is 12.1. The van der Waals surface area contributed by atoms with Crippen molar-refractivity contribution in [3.8, 4) is 11.1 Å². The van der Waals surface area contributed by atoms with Gasteiger partial charge in [-0.25, -0.2) is 8.42 Å². The third-order valence-electron chi connectivity index (χ3n) is 2.12. The first-order valence-electron chi connectivity index (χ1n) is 4.94. The summed E-state index contributed by atoms with van der Waals surface area (Å²) in [5.41, 5.74) is 2.11. The van der Waals surface area contributed by atoms with Crippen LogP contribution in [0.3, 0.4) is 0 Å². The highest BCUT2D eigenvalue weighted by Crippen LogP contribution is 2.26. The Morgan fingerprint density at radius 1 is 0.941 bits per heavy atom. The highest BCUT2D eigenvalue weighted by atomic mass is 33.1. The second-order valence-electron chi connectivity index (χ2n) is 3.55. The average molecular weight is 265 g/mol. The summed E-state index contributed by atoms with van der Waals surface area (Å²) in [6.07, 6.45) is 4.66. The number of benzene rings is 1. The zero-order valence-corrected chi connectivity index (χ0v) is 10.8. The van der Waals surface area contributed by atoms with Gasteiger partial charge in [0.25, 0.3) is 0 Å².